The third-order valence-electron chi connectivity index (χ3n) is 1.82. The molecule has 0 unspecified atom stereocenters. The summed E-state index contributed by atoms with van der Waals surface area (Å²) in [6.45, 7) is 3.52. The summed E-state index contributed by atoms with van der Waals surface area (Å²) in [6.07, 6.45) is 1.03. The molecule has 0 aliphatic rings. The second kappa shape index (κ2) is 4.25. The standard InChI is InChI=1S/C9H13NO5S/c1-5(2)7-8(9(11)12)15-6(10-7)4-16(3,13)14/h5H,4H2,1-3H3,(H,11,12). The van der Waals surface area contributed by atoms with Gasteiger partial charge in [0.2, 0.25) is 11.7 Å². The predicted molar refractivity (Wildman–Crippen MR) is 56.1 cm³/mol. The van der Waals surface area contributed by atoms with Crippen LogP contribution in [-0.4, -0.2) is 30.7 Å². The van der Waals surface area contributed by atoms with Crippen molar-refractivity contribution >= 4 is 15.8 Å². The van der Waals surface area contributed by atoms with Crippen molar-refractivity contribution in [1.29, 1.82) is 0 Å². The van der Waals surface area contributed by atoms with Gasteiger partial charge in [-0.05, 0) is 5.92 Å². The molecule has 0 aliphatic carbocycles. The molecule has 90 valence electrons. The number of hydrogen-bond acceptors (Lipinski definition) is 5. The number of carboxylic acids is 1. The molecule has 1 N–H and O–H groups in total. The molecule has 1 rings (SSSR count). The quantitative estimate of drug-likeness (QED) is 0.853. The van der Waals surface area contributed by atoms with Crippen LogP contribution in [0.1, 0.15) is 41.9 Å². The van der Waals surface area contributed by atoms with E-state index in [4.69, 9.17) is 9.52 Å². The maximum absolute atomic E-state index is 11.0. The van der Waals surface area contributed by atoms with Gasteiger partial charge < -0.3 is 9.52 Å². The van der Waals surface area contributed by atoms with Gasteiger partial charge in [0.15, 0.2) is 9.84 Å². The molecule has 0 atom stereocenters. The molecular weight excluding hydrogens is 234 g/mol. The fourth-order valence-electron chi connectivity index (χ4n) is 1.21. The monoisotopic (exact) mass is 247 g/mol. The molecule has 0 bridgehead atoms. The Morgan fingerprint density at radius 1 is 1.50 bits per heavy atom. The van der Waals surface area contributed by atoms with Crippen LogP contribution >= 0.6 is 0 Å². The molecule has 0 aromatic carbocycles. The fourth-order valence-corrected chi connectivity index (χ4v) is 1.78. The third-order valence-corrected chi connectivity index (χ3v) is 2.60. The highest BCUT2D eigenvalue weighted by atomic mass is 32.2. The van der Waals surface area contributed by atoms with E-state index in [1.807, 2.05) is 0 Å². The minimum absolute atomic E-state index is 0.0800. The van der Waals surface area contributed by atoms with Gasteiger partial charge in [-0.1, -0.05) is 13.8 Å². The van der Waals surface area contributed by atoms with Crippen LogP contribution in [0.2, 0.25) is 0 Å². The van der Waals surface area contributed by atoms with E-state index in [1.165, 1.54) is 0 Å². The van der Waals surface area contributed by atoms with Crippen LogP contribution in [0.15, 0.2) is 4.42 Å². The molecule has 7 heteroatoms. The Bertz CT molecular complexity index is 500. The lowest BCUT2D eigenvalue weighted by Crippen LogP contribution is -2.01. The molecule has 6 nitrogen and oxygen atoms in total. The smallest absolute Gasteiger partial charge is 0.373 e. The third kappa shape index (κ3) is 3.06. The highest BCUT2D eigenvalue weighted by Crippen LogP contribution is 2.21. The van der Waals surface area contributed by atoms with Crippen molar-refractivity contribution in [3.63, 3.8) is 0 Å². The number of sulfone groups is 1. The number of nitrogens with zero attached hydrogens (tertiary/aromatic N) is 1. The number of aromatic carboxylic acids is 1. The Morgan fingerprint density at radius 3 is 2.38 bits per heavy atom. The Kier molecular flexibility index (Phi) is 3.37. The van der Waals surface area contributed by atoms with Gasteiger partial charge in [0.25, 0.3) is 0 Å². The highest BCUT2D eigenvalue weighted by Gasteiger charge is 2.23. The summed E-state index contributed by atoms with van der Waals surface area (Å²) in [5.74, 6) is -2.13. The zero-order valence-corrected chi connectivity index (χ0v) is 10.0. The number of hydrogen-bond donors (Lipinski definition) is 1. The van der Waals surface area contributed by atoms with E-state index in [9.17, 15) is 13.2 Å². The van der Waals surface area contributed by atoms with Crippen molar-refractivity contribution in [3.05, 3.63) is 17.3 Å². The van der Waals surface area contributed by atoms with Gasteiger partial charge in [0.1, 0.15) is 5.75 Å². The molecule has 0 aliphatic heterocycles. The van der Waals surface area contributed by atoms with Crippen molar-refractivity contribution in [2.24, 2.45) is 0 Å². The zero-order chi connectivity index (χ0) is 12.5. The minimum Gasteiger partial charge on any atom is -0.475 e. The van der Waals surface area contributed by atoms with Gasteiger partial charge in [0, 0.05) is 6.26 Å². The lowest BCUT2D eigenvalue weighted by molar-refractivity contribution is 0.0658. The maximum Gasteiger partial charge on any atom is 0.373 e. The first-order chi connectivity index (χ1) is 7.20. The van der Waals surface area contributed by atoms with E-state index in [-0.39, 0.29) is 29.0 Å². The van der Waals surface area contributed by atoms with Crippen molar-refractivity contribution < 1.29 is 22.7 Å². The second-order valence-corrected chi connectivity index (χ2v) is 5.99. The summed E-state index contributed by atoms with van der Waals surface area (Å²) in [4.78, 5) is 14.7. The maximum atomic E-state index is 11.0. The van der Waals surface area contributed by atoms with E-state index in [0.717, 1.165) is 6.26 Å². The SMILES string of the molecule is CC(C)c1nc(CS(C)(=O)=O)oc1C(=O)O. The zero-order valence-electron chi connectivity index (χ0n) is 9.22. The topological polar surface area (TPSA) is 97.5 Å². The summed E-state index contributed by atoms with van der Waals surface area (Å²) in [5.41, 5.74) is 0.270. The molecule has 0 saturated heterocycles. The van der Waals surface area contributed by atoms with Gasteiger partial charge >= 0.3 is 5.97 Å². The minimum atomic E-state index is -3.28. The Hall–Kier alpha value is -1.37. The number of carboxylic acid groups (broad SMARTS) is 1. The molecule has 0 fully saturated rings. The summed E-state index contributed by atoms with van der Waals surface area (Å²) >= 11 is 0. The van der Waals surface area contributed by atoms with E-state index in [0.29, 0.717) is 0 Å². The van der Waals surface area contributed by atoms with Crippen molar-refractivity contribution in [2.45, 2.75) is 25.5 Å². The molecule has 0 radical (unpaired) electrons. The Labute approximate surface area is 93.2 Å². The lowest BCUT2D eigenvalue weighted by atomic mass is 10.1. The average Bonchev–Trinajstić information content (AvgIpc) is 2.44. The van der Waals surface area contributed by atoms with Crippen LogP contribution < -0.4 is 0 Å². The molecular formula is C9H13NO5S. The van der Waals surface area contributed by atoms with Crippen molar-refractivity contribution in [3.8, 4) is 0 Å². The summed E-state index contributed by atoms with van der Waals surface area (Å²) in [6, 6.07) is 0. The van der Waals surface area contributed by atoms with Crippen LogP contribution in [0.25, 0.3) is 0 Å². The largest absolute Gasteiger partial charge is 0.475 e. The van der Waals surface area contributed by atoms with Crippen LogP contribution in [0.5, 0.6) is 0 Å². The van der Waals surface area contributed by atoms with Gasteiger partial charge in [0.05, 0.1) is 5.69 Å². The normalized spacial score (nSPS) is 12.0. The molecule has 0 saturated carbocycles. The molecule has 16 heavy (non-hydrogen) atoms. The van der Waals surface area contributed by atoms with E-state index in [1.54, 1.807) is 13.8 Å². The first-order valence-corrected chi connectivity index (χ1v) is 6.67. The molecule has 0 amide bonds. The van der Waals surface area contributed by atoms with E-state index in [2.05, 4.69) is 4.98 Å². The Morgan fingerprint density at radius 2 is 2.06 bits per heavy atom. The van der Waals surface area contributed by atoms with Crippen LogP contribution in [0, 0.1) is 0 Å². The van der Waals surface area contributed by atoms with Gasteiger partial charge in [-0.2, -0.15) is 0 Å². The Balaban J connectivity index is 3.17. The predicted octanol–water partition coefficient (Wildman–Crippen LogP) is 1.04. The summed E-state index contributed by atoms with van der Waals surface area (Å²) in [7, 11) is -3.28. The van der Waals surface area contributed by atoms with Crippen LogP contribution in [0.3, 0.4) is 0 Å². The molecule has 1 heterocycles. The average molecular weight is 247 g/mol. The number of rotatable bonds is 4. The van der Waals surface area contributed by atoms with Gasteiger partial charge in [-0.15, -0.1) is 0 Å². The number of oxazole rings is 1. The van der Waals surface area contributed by atoms with Crippen molar-refractivity contribution in [2.75, 3.05) is 6.26 Å². The van der Waals surface area contributed by atoms with Gasteiger partial charge in [-0.3, -0.25) is 0 Å². The highest BCUT2D eigenvalue weighted by molar-refractivity contribution is 7.89. The first kappa shape index (κ1) is 12.7. The fraction of sp³-hybridized carbons (Fsp3) is 0.556. The number of aromatic nitrogens is 1. The molecule has 1 aromatic rings. The van der Waals surface area contributed by atoms with E-state index < -0.39 is 15.8 Å². The van der Waals surface area contributed by atoms with Gasteiger partial charge in [-0.25, -0.2) is 18.2 Å². The summed E-state index contributed by atoms with van der Waals surface area (Å²) < 4.78 is 27.0. The van der Waals surface area contributed by atoms with Crippen molar-refractivity contribution in [1.82, 2.24) is 4.98 Å². The lowest BCUT2D eigenvalue weighted by Gasteiger charge is -1.98. The van der Waals surface area contributed by atoms with E-state index >= 15 is 0 Å². The molecule has 0 spiro atoms. The first-order valence-electron chi connectivity index (χ1n) is 4.61. The van der Waals surface area contributed by atoms with Crippen LogP contribution in [-0.2, 0) is 15.6 Å². The summed E-state index contributed by atoms with van der Waals surface area (Å²) in [5, 5.41) is 8.84. The second-order valence-electron chi connectivity index (χ2n) is 3.85. The number of carbonyl (C=O) groups is 1. The molecule has 1 aromatic heterocycles. The van der Waals surface area contributed by atoms with Crippen LogP contribution in [0.4, 0.5) is 0 Å².